The van der Waals surface area contributed by atoms with Crippen LogP contribution in [0.3, 0.4) is 0 Å². The van der Waals surface area contributed by atoms with Crippen LogP contribution < -0.4 is 20.3 Å². The molecule has 0 saturated carbocycles. The van der Waals surface area contributed by atoms with Crippen molar-refractivity contribution in [3.05, 3.63) is 10.4 Å². The van der Waals surface area contributed by atoms with Crippen LogP contribution in [0.15, 0.2) is 4.79 Å². The molecular formula is C25H33N5O11. The minimum atomic E-state index is -3.07. The van der Waals surface area contributed by atoms with Gasteiger partial charge >= 0.3 is 0 Å². The number of amides is 3. The molecule has 41 heavy (non-hydrogen) atoms. The number of carbonyl (C=O) groups excluding carboxylic acids is 7. The van der Waals surface area contributed by atoms with E-state index in [0.29, 0.717) is 14.4 Å². The molecule has 0 spiro atoms. The summed E-state index contributed by atoms with van der Waals surface area (Å²) < 4.78 is 0.503. The van der Waals surface area contributed by atoms with E-state index in [4.69, 9.17) is 0 Å². The van der Waals surface area contributed by atoms with Crippen LogP contribution >= 0.6 is 0 Å². The van der Waals surface area contributed by atoms with Crippen LogP contribution in [0.2, 0.25) is 0 Å². The van der Waals surface area contributed by atoms with Gasteiger partial charge in [-0.15, -0.1) is 0 Å². The first-order valence-electron chi connectivity index (χ1n) is 12.4. The van der Waals surface area contributed by atoms with Crippen LogP contribution in [0.1, 0.15) is 60.2 Å². The number of hydrogen-bond donors (Lipinski definition) is 3. The first-order valence-corrected chi connectivity index (χ1v) is 12.4. The van der Waals surface area contributed by atoms with Gasteiger partial charge in [-0.25, -0.2) is 9.47 Å². The predicted octanol–water partition coefficient (Wildman–Crippen LogP) is -2.05. The zero-order chi connectivity index (χ0) is 31.9. The quantitative estimate of drug-likeness (QED) is 0.282. The lowest BCUT2D eigenvalue weighted by Gasteiger charge is -2.61. The Labute approximate surface area is 234 Å². The van der Waals surface area contributed by atoms with Crippen LogP contribution in [0.25, 0.3) is 0 Å². The Bertz CT molecular complexity index is 1390. The lowest BCUT2D eigenvalue weighted by atomic mass is 9.61. The number of aliphatic hydroxyl groups is 3. The van der Waals surface area contributed by atoms with E-state index in [1.54, 1.807) is 0 Å². The van der Waals surface area contributed by atoms with Crippen LogP contribution in [0, 0.1) is 0 Å². The Hall–Kier alpha value is -4.15. The van der Waals surface area contributed by atoms with Gasteiger partial charge in [-0.05, 0) is 27.7 Å². The zero-order valence-corrected chi connectivity index (χ0v) is 23.9. The summed E-state index contributed by atoms with van der Waals surface area (Å²) >= 11 is 0. The van der Waals surface area contributed by atoms with Crippen molar-refractivity contribution < 1.29 is 48.9 Å². The molecule has 1 aromatic rings. The fourth-order valence-electron chi connectivity index (χ4n) is 5.87. The molecule has 16 heteroatoms. The Morgan fingerprint density at radius 2 is 1.34 bits per heavy atom. The molecule has 1 aliphatic heterocycles. The minimum Gasteiger partial charge on any atom is -0.394 e. The first-order chi connectivity index (χ1) is 18.8. The van der Waals surface area contributed by atoms with E-state index in [0.717, 1.165) is 53.4 Å². The van der Waals surface area contributed by atoms with Crippen molar-refractivity contribution >= 4 is 58.4 Å². The number of likely N-dealkylation sites (N-methyl/N-ethyl adjacent to an activating group) is 1. The van der Waals surface area contributed by atoms with Crippen molar-refractivity contribution in [3.8, 4) is 0 Å². The van der Waals surface area contributed by atoms with Gasteiger partial charge < -0.3 is 20.2 Å². The van der Waals surface area contributed by atoms with E-state index in [1.807, 2.05) is 0 Å². The van der Waals surface area contributed by atoms with Gasteiger partial charge in [-0.1, -0.05) is 0 Å². The summed E-state index contributed by atoms with van der Waals surface area (Å²) in [6.45, 7) is 5.82. The van der Waals surface area contributed by atoms with Gasteiger partial charge in [-0.3, -0.25) is 43.3 Å². The van der Waals surface area contributed by atoms with Crippen molar-refractivity contribution in [3.63, 3.8) is 0 Å². The second-order valence-electron chi connectivity index (χ2n) is 9.56. The highest BCUT2D eigenvalue weighted by molar-refractivity contribution is 6.27. The Morgan fingerprint density at radius 1 is 0.854 bits per heavy atom. The molecule has 0 radical (unpaired) electrons. The van der Waals surface area contributed by atoms with E-state index in [2.05, 4.69) is 4.98 Å². The Morgan fingerprint density at radius 3 is 1.66 bits per heavy atom. The summed E-state index contributed by atoms with van der Waals surface area (Å²) in [7, 11) is 0. The van der Waals surface area contributed by atoms with Crippen molar-refractivity contribution in [2.75, 3.05) is 27.9 Å². The van der Waals surface area contributed by atoms with Gasteiger partial charge in [0.05, 0.1) is 6.61 Å². The topological polar surface area (TPSA) is 225 Å². The highest BCUT2D eigenvalue weighted by Gasteiger charge is 2.75. The fraction of sp³-hybridized carbons (Fsp3) is 0.560. The molecule has 0 aliphatic carbocycles. The number of fused-ring (bicyclic) bond motifs is 1. The third-order valence-electron chi connectivity index (χ3n) is 7.13. The normalized spacial score (nSPS) is 19.1. The fourth-order valence-corrected chi connectivity index (χ4v) is 5.87. The van der Waals surface area contributed by atoms with Crippen LogP contribution in [0.5, 0.6) is 0 Å². The van der Waals surface area contributed by atoms with Crippen LogP contribution in [0.4, 0.5) is 17.5 Å². The Balaban J connectivity index is 3.58. The molecule has 3 N–H and O–H groups in total. The second-order valence-corrected chi connectivity index (χ2v) is 9.56. The predicted molar refractivity (Wildman–Crippen MR) is 141 cm³/mol. The summed E-state index contributed by atoms with van der Waals surface area (Å²) in [6, 6.07) is 0. The van der Waals surface area contributed by atoms with Gasteiger partial charge in [0.15, 0.2) is 34.2 Å². The number of aliphatic hydroxyl groups excluding tert-OH is 3. The molecule has 1 aliphatic rings. The van der Waals surface area contributed by atoms with Crippen molar-refractivity contribution in [2.45, 2.75) is 78.7 Å². The Kier molecular flexibility index (Phi) is 9.18. The summed E-state index contributed by atoms with van der Waals surface area (Å²) in [5.41, 5.74) is -8.09. The van der Waals surface area contributed by atoms with E-state index in [1.165, 1.54) is 6.92 Å². The smallest absolute Gasteiger partial charge is 0.300 e. The standard InChI is InChI=1S/C25H33N5O11/c1-9-27-19-21(41)26-23(28(14(5)35)15(6)36)29(16(7)37)22(19)30(17(8)38)24(11(2)32,12(3)33)25(27,13(4)34)20(40)18(39)10-31/h18,20,31,39-40H,9-10H2,1-8H3/t18-,20-,25-/m0/s1. The van der Waals surface area contributed by atoms with Gasteiger partial charge in [0.25, 0.3) is 5.56 Å². The molecule has 0 saturated heterocycles. The summed E-state index contributed by atoms with van der Waals surface area (Å²) in [5, 5.41) is 31.8. The molecule has 1 aromatic heterocycles. The lowest BCUT2D eigenvalue weighted by Crippen LogP contribution is -2.88. The number of hydrogen-bond acceptors (Lipinski definition) is 13. The van der Waals surface area contributed by atoms with Crippen molar-refractivity contribution in [2.24, 2.45) is 0 Å². The van der Waals surface area contributed by atoms with Gasteiger partial charge in [-0.2, -0.15) is 4.98 Å². The van der Waals surface area contributed by atoms with Gasteiger partial charge in [0.1, 0.15) is 17.9 Å². The summed E-state index contributed by atoms with van der Waals surface area (Å²) in [5.74, 6) is -9.47. The SMILES string of the molecule is CCN1c2c(n(C(C)=O)c(N(C(C)=O)C(C)=O)nc2=O)N(C(C)=O)C(C(C)=O)(C(C)=O)[C@]1(C(C)=O)[C@@H](O)[C@@H](O)CO. The number of aromatic nitrogens is 2. The third-order valence-corrected chi connectivity index (χ3v) is 7.13. The second kappa shape index (κ2) is 11.4. The van der Waals surface area contributed by atoms with Gasteiger partial charge in [0, 0.05) is 34.2 Å². The first kappa shape index (κ1) is 33.1. The van der Waals surface area contributed by atoms with Gasteiger partial charge in [0.2, 0.25) is 29.6 Å². The average Bonchev–Trinajstić information content (AvgIpc) is 2.84. The van der Waals surface area contributed by atoms with E-state index in [9.17, 15) is 53.7 Å². The number of ketones is 3. The monoisotopic (exact) mass is 579 g/mol. The number of Topliss-reactive ketones (excluding diaryl/α,β-unsaturated/α-hetero) is 3. The highest BCUT2D eigenvalue weighted by atomic mass is 16.4. The van der Waals surface area contributed by atoms with Crippen LogP contribution in [-0.4, -0.2) is 102 Å². The number of nitrogens with zero attached hydrogens (tertiary/aromatic N) is 5. The maximum absolute atomic E-state index is 13.7. The maximum Gasteiger partial charge on any atom is 0.300 e. The highest BCUT2D eigenvalue weighted by Crippen LogP contribution is 2.51. The molecule has 0 fully saturated rings. The number of carbonyl (C=O) groups is 7. The number of rotatable bonds is 8. The molecule has 0 unspecified atom stereocenters. The third kappa shape index (κ3) is 4.38. The number of imide groups is 1. The van der Waals surface area contributed by atoms with E-state index < -0.39 is 100 Å². The van der Waals surface area contributed by atoms with Crippen molar-refractivity contribution in [1.82, 2.24) is 9.55 Å². The maximum atomic E-state index is 13.7. The summed E-state index contributed by atoms with van der Waals surface area (Å²) in [4.78, 5) is 112. The average molecular weight is 580 g/mol. The van der Waals surface area contributed by atoms with Crippen molar-refractivity contribution in [1.29, 1.82) is 0 Å². The largest absolute Gasteiger partial charge is 0.394 e. The molecular weight excluding hydrogens is 546 g/mol. The minimum absolute atomic E-state index is 0.359. The van der Waals surface area contributed by atoms with Crippen LogP contribution in [-0.2, 0) is 28.8 Å². The molecule has 16 nitrogen and oxygen atoms in total. The molecule has 3 atom stereocenters. The molecule has 2 rings (SSSR count). The van der Waals surface area contributed by atoms with E-state index >= 15 is 0 Å². The van der Waals surface area contributed by atoms with E-state index in [-0.39, 0.29) is 0 Å². The zero-order valence-electron chi connectivity index (χ0n) is 23.9. The molecule has 0 bridgehead atoms. The lowest BCUT2D eigenvalue weighted by molar-refractivity contribution is -0.155. The molecule has 224 valence electrons. The number of anilines is 3. The molecule has 0 aromatic carbocycles. The molecule has 2 heterocycles. The molecule has 3 amide bonds. The summed E-state index contributed by atoms with van der Waals surface area (Å²) in [6.07, 6.45) is -4.67.